The van der Waals surface area contributed by atoms with Gasteiger partial charge in [-0.05, 0) is 56.0 Å². The largest absolute Gasteiger partial charge is 0.261 e. The Labute approximate surface area is 182 Å². The topological polar surface area (TPSA) is 62.5 Å². The summed E-state index contributed by atoms with van der Waals surface area (Å²) in [5.74, 6) is -0.329. The molecule has 0 aliphatic carbocycles. The summed E-state index contributed by atoms with van der Waals surface area (Å²) in [6, 6.07) is 10.6. The summed E-state index contributed by atoms with van der Waals surface area (Å²) in [4.78, 5) is 14.9. The number of rotatable bonds is 6. The Kier molecular flexibility index (Phi) is 5.98. The smallest absolute Gasteiger partial charge is 0.127 e. The molecular weight excluding hydrogens is 415 g/mol. The fourth-order valence-electron chi connectivity index (χ4n) is 3.23. The first-order chi connectivity index (χ1) is 14.5. The van der Waals surface area contributed by atoms with Gasteiger partial charge in [0.2, 0.25) is 0 Å². The zero-order chi connectivity index (χ0) is 21.1. The van der Waals surface area contributed by atoms with Crippen LogP contribution in [0, 0.1) is 31.0 Å². The second-order valence-electron chi connectivity index (χ2n) is 7.03. The highest BCUT2D eigenvalue weighted by Gasteiger charge is 2.12. The zero-order valence-electron chi connectivity index (χ0n) is 16.6. The molecular formula is C23H19FN4S2. The normalized spacial score (nSPS) is 10.9. The van der Waals surface area contributed by atoms with Crippen molar-refractivity contribution >= 4 is 22.7 Å². The third-order valence-corrected chi connectivity index (χ3v) is 6.72. The van der Waals surface area contributed by atoms with Gasteiger partial charge in [0.05, 0.1) is 37.9 Å². The summed E-state index contributed by atoms with van der Waals surface area (Å²) < 4.78 is 14.0. The van der Waals surface area contributed by atoms with E-state index in [0.29, 0.717) is 30.4 Å². The number of hydrogen-bond acceptors (Lipinski definition) is 6. The first-order valence-corrected chi connectivity index (χ1v) is 11.2. The molecule has 30 heavy (non-hydrogen) atoms. The van der Waals surface area contributed by atoms with Crippen LogP contribution in [0.25, 0.3) is 10.6 Å². The lowest BCUT2D eigenvalue weighted by molar-refractivity contribution is 0.608. The summed E-state index contributed by atoms with van der Waals surface area (Å²) in [7, 11) is 0. The van der Waals surface area contributed by atoms with Crippen LogP contribution in [-0.2, 0) is 19.3 Å². The predicted molar refractivity (Wildman–Crippen MR) is 118 cm³/mol. The molecule has 0 aliphatic heterocycles. The highest BCUT2D eigenvalue weighted by Crippen LogP contribution is 2.31. The van der Waals surface area contributed by atoms with Gasteiger partial charge >= 0.3 is 0 Å². The monoisotopic (exact) mass is 434 g/mol. The van der Waals surface area contributed by atoms with Gasteiger partial charge in [0.25, 0.3) is 0 Å². The molecule has 3 heterocycles. The molecule has 0 fully saturated rings. The van der Waals surface area contributed by atoms with E-state index in [1.165, 1.54) is 6.07 Å². The van der Waals surface area contributed by atoms with Gasteiger partial charge in [0, 0.05) is 23.7 Å². The maximum absolute atomic E-state index is 14.0. The highest BCUT2D eigenvalue weighted by molar-refractivity contribution is 7.15. The van der Waals surface area contributed by atoms with Crippen LogP contribution in [-0.4, -0.2) is 15.0 Å². The molecule has 0 N–H and O–H groups in total. The van der Waals surface area contributed by atoms with Gasteiger partial charge in [-0.1, -0.05) is 12.1 Å². The lowest BCUT2D eigenvalue weighted by Crippen LogP contribution is -1.98. The molecule has 0 aliphatic rings. The quantitative estimate of drug-likeness (QED) is 0.392. The molecule has 0 amide bonds. The SMILES string of the molecule is Cc1nc(C)c(-c2csc(Cc3ccc(CCc4ccc(C#N)cc4F)cn3)n2)s1. The van der Waals surface area contributed by atoms with Crippen molar-refractivity contribution in [3.05, 3.63) is 85.8 Å². The third kappa shape index (κ3) is 4.61. The minimum absolute atomic E-state index is 0.329. The van der Waals surface area contributed by atoms with Gasteiger partial charge in [-0.2, -0.15) is 5.26 Å². The van der Waals surface area contributed by atoms with Gasteiger partial charge < -0.3 is 0 Å². The van der Waals surface area contributed by atoms with E-state index in [0.717, 1.165) is 37.5 Å². The van der Waals surface area contributed by atoms with Crippen LogP contribution in [0.4, 0.5) is 4.39 Å². The summed E-state index contributed by atoms with van der Waals surface area (Å²) in [6.45, 7) is 4.03. The minimum Gasteiger partial charge on any atom is -0.261 e. The van der Waals surface area contributed by atoms with Crippen molar-refractivity contribution in [2.24, 2.45) is 0 Å². The number of halogens is 1. The number of nitrogens with zero attached hydrogens (tertiary/aromatic N) is 4. The van der Waals surface area contributed by atoms with E-state index in [1.807, 2.05) is 38.2 Å². The van der Waals surface area contributed by atoms with Gasteiger partial charge in [0.15, 0.2) is 0 Å². The second-order valence-corrected chi connectivity index (χ2v) is 9.17. The van der Waals surface area contributed by atoms with Crippen LogP contribution in [0.2, 0.25) is 0 Å². The lowest BCUT2D eigenvalue weighted by Gasteiger charge is -2.05. The number of thiazole rings is 2. The zero-order valence-corrected chi connectivity index (χ0v) is 18.3. The van der Waals surface area contributed by atoms with Gasteiger partial charge in [-0.25, -0.2) is 14.4 Å². The maximum Gasteiger partial charge on any atom is 0.127 e. The van der Waals surface area contributed by atoms with Crippen molar-refractivity contribution < 1.29 is 4.39 Å². The van der Waals surface area contributed by atoms with E-state index in [4.69, 9.17) is 10.2 Å². The van der Waals surface area contributed by atoms with Crippen LogP contribution in [0.1, 0.15) is 38.1 Å². The van der Waals surface area contributed by atoms with Crippen LogP contribution in [0.5, 0.6) is 0 Å². The van der Waals surface area contributed by atoms with E-state index in [9.17, 15) is 4.39 Å². The molecule has 0 bridgehead atoms. The van der Waals surface area contributed by atoms with E-state index in [2.05, 4.69) is 15.3 Å². The fraction of sp³-hybridized carbons (Fsp3) is 0.217. The Morgan fingerprint density at radius 1 is 1.10 bits per heavy atom. The summed E-state index contributed by atoms with van der Waals surface area (Å²) in [5.41, 5.74) is 4.98. The van der Waals surface area contributed by atoms with E-state index >= 15 is 0 Å². The number of aromatic nitrogens is 3. The number of aryl methyl sites for hydroxylation is 4. The van der Waals surface area contributed by atoms with Crippen LogP contribution < -0.4 is 0 Å². The van der Waals surface area contributed by atoms with Gasteiger partial charge in [-0.3, -0.25) is 4.98 Å². The molecule has 0 saturated carbocycles. The average molecular weight is 435 g/mol. The summed E-state index contributed by atoms with van der Waals surface area (Å²) >= 11 is 3.31. The second kappa shape index (κ2) is 8.82. The Morgan fingerprint density at radius 3 is 2.63 bits per heavy atom. The number of nitriles is 1. The molecule has 0 atom stereocenters. The molecule has 0 unspecified atom stereocenters. The van der Waals surface area contributed by atoms with Crippen molar-refractivity contribution in [3.8, 4) is 16.6 Å². The van der Waals surface area contributed by atoms with Crippen molar-refractivity contribution in [2.75, 3.05) is 0 Å². The lowest BCUT2D eigenvalue weighted by atomic mass is 10.0. The van der Waals surface area contributed by atoms with Crippen LogP contribution in [0.15, 0.2) is 41.9 Å². The first kappa shape index (κ1) is 20.3. The molecule has 4 aromatic rings. The Balaban J connectivity index is 1.38. The van der Waals surface area contributed by atoms with Crippen molar-refractivity contribution in [1.29, 1.82) is 5.26 Å². The number of pyridine rings is 1. The van der Waals surface area contributed by atoms with E-state index < -0.39 is 0 Å². The average Bonchev–Trinajstić information content (AvgIpc) is 3.33. The molecule has 3 aromatic heterocycles. The van der Waals surface area contributed by atoms with Crippen molar-refractivity contribution in [1.82, 2.24) is 15.0 Å². The molecule has 0 saturated heterocycles. The molecule has 4 nitrogen and oxygen atoms in total. The molecule has 1 aromatic carbocycles. The van der Waals surface area contributed by atoms with Crippen LogP contribution in [0.3, 0.4) is 0 Å². The van der Waals surface area contributed by atoms with Gasteiger partial charge in [0.1, 0.15) is 5.82 Å². The highest BCUT2D eigenvalue weighted by atomic mass is 32.1. The molecule has 0 radical (unpaired) electrons. The minimum atomic E-state index is -0.329. The van der Waals surface area contributed by atoms with Crippen molar-refractivity contribution in [3.63, 3.8) is 0 Å². The predicted octanol–water partition coefficient (Wildman–Crippen LogP) is 5.67. The third-order valence-electron chi connectivity index (χ3n) is 4.77. The Hall–Kier alpha value is -2.95. The van der Waals surface area contributed by atoms with Crippen LogP contribution >= 0.6 is 22.7 Å². The number of hydrogen-bond donors (Lipinski definition) is 0. The van der Waals surface area contributed by atoms with E-state index in [-0.39, 0.29) is 5.82 Å². The molecule has 7 heteroatoms. The van der Waals surface area contributed by atoms with Crippen molar-refractivity contribution in [2.45, 2.75) is 33.1 Å². The molecule has 150 valence electrons. The number of benzene rings is 1. The molecule has 0 spiro atoms. The van der Waals surface area contributed by atoms with E-state index in [1.54, 1.807) is 34.8 Å². The maximum atomic E-state index is 14.0. The van der Waals surface area contributed by atoms with Gasteiger partial charge in [-0.15, -0.1) is 22.7 Å². The standard InChI is InChI=1S/C23H19FN4S2/c1-14-23(30-15(2)27-14)21-13-29-22(28-21)10-19-8-5-16(12-26-19)3-6-18-7-4-17(11-25)9-20(18)24/h4-5,7-9,12-13H,3,6,10H2,1-2H3. The first-order valence-electron chi connectivity index (χ1n) is 9.53. The summed E-state index contributed by atoms with van der Waals surface area (Å²) in [6.07, 6.45) is 3.80. The Bertz CT molecular complexity index is 1220. The summed E-state index contributed by atoms with van der Waals surface area (Å²) in [5, 5.41) is 13.0. The fourth-order valence-corrected chi connectivity index (χ4v) is 4.98. The molecule has 4 rings (SSSR count). The Morgan fingerprint density at radius 2 is 1.97 bits per heavy atom.